The number of unbranched alkanes of at least 4 members (excludes halogenated alkanes) is 1. The lowest BCUT2D eigenvalue weighted by atomic mass is 10.2. The molecule has 0 radical (unpaired) electrons. The molecule has 1 atom stereocenters. The lowest BCUT2D eigenvalue weighted by Gasteiger charge is -2.00. The molecular weight excluding hydrogens is 105 g/mol. The van der Waals surface area contributed by atoms with Gasteiger partial charge in [-0.1, -0.05) is 19.8 Å². The summed E-state index contributed by atoms with van der Waals surface area (Å²) in [5.74, 6) is 0. The third-order valence-corrected chi connectivity index (χ3v) is 1.13. The van der Waals surface area contributed by atoms with Gasteiger partial charge in [-0.2, -0.15) is 0 Å². The molecule has 1 nitrogen and oxygen atoms in total. The van der Waals surface area contributed by atoms with Crippen molar-refractivity contribution in [3.63, 3.8) is 0 Å². The Hall–Kier alpha value is -0.110. The summed E-state index contributed by atoms with van der Waals surface area (Å²) in [5, 5.41) is 0. The molecule has 0 aromatic carbocycles. The lowest BCUT2D eigenvalue weighted by molar-refractivity contribution is 0.315. The normalized spacial score (nSPS) is 13.9. The molecular formula is C6H14FN. The van der Waals surface area contributed by atoms with Crippen molar-refractivity contribution in [3.8, 4) is 0 Å². The van der Waals surface area contributed by atoms with E-state index < -0.39 is 6.17 Å². The smallest absolute Gasteiger partial charge is 0.112 e. The second-order valence-corrected chi connectivity index (χ2v) is 1.98. The number of hydrogen-bond donors (Lipinski definition) is 1. The van der Waals surface area contributed by atoms with Crippen molar-refractivity contribution in [2.45, 2.75) is 32.4 Å². The molecule has 0 rings (SSSR count). The molecule has 0 aliphatic rings. The van der Waals surface area contributed by atoms with Crippen LogP contribution in [0, 0.1) is 0 Å². The minimum atomic E-state index is -0.769. The van der Waals surface area contributed by atoms with Gasteiger partial charge in [0.05, 0.1) is 0 Å². The van der Waals surface area contributed by atoms with Crippen LogP contribution in [0.1, 0.15) is 26.2 Å². The minimum Gasteiger partial charge on any atom is -0.328 e. The third-order valence-electron chi connectivity index (χ3n) is 1.13. The number of hydrogen-bond acceptors (Lipinski definition) is 1. The monoisotopic (exact) mass is 119 g/mol. The van der Waals surface area contributed by atoms with Crippen LogP contribution >= 0.6 is 0 Å². The fourth-order valence-electron chi connectivity index (χ4n) is 0.543. The van der Waals surface area contributed by atoms with E-state index >= 15 is 0 Å². The van der Waals surface area contributed by atoms with Gasteiger partial charge in [0.15, 0.2) is 0 Å². The Bertz CT molecular complexity index is 47.8. The van der Waals surface area contributed by atoms with Crippen LogP contribution in [-0.4, -0.2) is 12.7 Å². The molecule has 0 bridgehead atoms. The van der Waals surface area contributed by atoms with E-state index in [-0.39, 0.29) is 6.54 Å². The van der Waals surface area contributed by atoms with Crippen LogP contribution in [-0.2, 0) is 0 Å². The van der Waals surface area contributed by atoms with Crippen LogP contribution < -0.4 is 5.73 Å². The molecule has 0 aliphatic heterocycles. The molecule has 50 valence electrons. The van der Waals surface area contributed by atoms with Gasteiger partial charge in [-0.15, -0.1) is 0 Å². The van der Waals surface area contributed by atoms with Crippen molar-refractivity contribution in [2.24, 2.45) is 5.73 Å². The van der Waals surface area contributed by atoms with Crippen molar-refractivity contribution in [3.05, 3.63) is 0 Å². The largest absolute Gasteiger partial charge is 0.328 e. The molecule has 0 spiro atoms. The van der Waals surface area contributed by atoms with Crippen LogP contribution in [0.15, 0.2) is 0 Å². The van der Waals surface area contributed by atoms with E-state index in [2.05, 4.69) is 0 Å². The Kier molecular flexibility index (Phi) is 4.97. The summed E-state index contributed by atoms with van der Waals surface area (Å²) < 4.78 is 12.2. The predicted molar refractivity (Wildman–Crippen MR) is 33.5 cm³/mol. The molecule has 0 aromatic rings. The average Bonchev–Trinajstić information content (AvgIpc) is 1.83. The highest BCUT2D eigenvalue weighted by Crippen LogP contribution is 2.01. The molecule has 8 heavy (non-hydrogen) atoms. The van der Waals surface area contributed by atoms with E-state index in [1.54, 1.807) is 0 Å². The topological polar surface area (TPSA) is 26.0 Å². The molecule has 0 saturated carbocycles. The zero-order valence-corrected chi connectivity index (χ0v) is 5.36. The average molecular weight is 119 g/mol. The fraction of sp³-hybridized carbons (Fsp3) is 1.00. The summed E-state index contributed by atoms with van der Waals surface area (Å²) in [4.78, 5) is 0. The summed E-state index contributed by atoms with van der Waals surface area (Å²) in [7, 11) is 0. The zero-order chi connectivity index (χ0) is 6.41. The van der Waals surface area contributed by atoms with Gasteiger partial charge in [-0.05, 0) is 6.42 Å². The Morgan fingerprint density at radius 2 is 2.25 bits per heavy atom. The second kappa shape index (κ2) is 5.04. The molecule has 2 heteroatoms. The fourth-order valence-corrected chi connectivity index (χ4v) is 0.543. The Labute approximate surface area is 50.1 Å². The Balaban J connectivity index is 2.86. The van der Waals surface area contributed by atoms with Gasteiger partial charge >= 0.3 is 0 Å². The standard InChI is InChI=1S/C6H14FN/c1-2-3-4-6(7)5-8/h6H,2-5,8H2,1H3. The van der Waals surface area contributed by atoms with E-state index in [4.69, 9.17) is 5.73 Å². The van der Waals surface area contributed by atoms with Gasteiger partial charge in [0.2, 0.25) is 0 Å². The molecule has 0 aliphatic carbocycles. The summed E-state index contributed by atoms with van der Waals surface area (Å²) in [6, 6.07) is 0. The quantitative estimate of drug-likeness (QED) is 0.596. The number of rotatable bonds is 4. The second-order valence-electron chi connectivity index (χ2n) is 1.98. The lowest BCUT2D eigenvalue weighted by Crippen LogP contribution is -2.14. The number of alkyl halides is 1. The molecule has 1 unspecified atom stereocenters. The van der Waals surface area contributed by atoms with Gasteiger partial charge in [-0.3, -0.25) is 0 Å². The van der Waals surface area contributed by atoms with Gasteiger partial charge in [0.25, 0.3) is 0 Å². The summed E-state index contributed by atoms with van der Waals surface area (Å²) >= 11 is 0. The maximum Gasteiger partial charge on any atom is 0.112 e. The molecule has 0 heterocycles. The maximum atomic E-state index is 12.2. The SMILES string of the molecule is CCCCC(F)CN. The molecule has 0 saturated heterocycles. The molecule has 0 amide bonds. The van der Waals surface area contributed by atoms with Crippen LogP contribution in [0.3, 0.4) is 0 Å². The third kappa shape index (κ3) is 4.06. The first-order valence-electron chi connectivity index (χ1n) is 3.15. The summed E-state index contributed by atoms with van der Waals surface area (Å²) in [6.07, 6.45) is 1.88. The highest BCUT2D eigenvalue weighted by molar-refractivity contribution is 4.54. The van der Waals surface area contributed by atoms with Crippen molar-refractivity contribution in [1.82, 2.24) is 0 Å². The molecule has 0 fully saturated rings. The Morgan fingerprint density at radius 1 is 1.62 bits per heavy atom. The first kappa shape index (κ1) is 7.89. The van der Waals surface area contributed by atoms with Crippen LogP contribution in [0.4, 0.5) is 4.39 Å². The maximum absolute atomic E-state index is 12.2. The number of halogens is 1. The van der Waals surface area contributed by atoms with Crippen molar-refractivity contribution in [1.29, 1.82) is 0 Å². The van der Waals surface area contributed by atoms with E-state index in [1.807, 2.05) is 6.92 Å². The highest BCUT2D eigenvalue weighted by atomic mass is 19.1. The predicted octanol–water partition coefficient (Wildman–Crippen LogP) is 1.47. The summed E-state index contributed by atoms with van der Waals surface area (Å²) in [6.45, 7) is 2.23. The molecule has 0 aromatic heterocycles. The van der Waals surface area contributed by atoms with Crippen molar-refractivity contribution in [2.75, 3.05) is 6.54 Å². The summed E-state index contributed by atoms with van der Waals surface area (Å²) in [5.41, 5.74) is 5.04. The molecule has 2 N–H and O–H groups in total. The van der Waals surface area contributed by atoms with Gasteiger partial charge in [-0.25, -0.2) is 4.39 Å². The zero-order valence-electron chi connectivity index (χ0n) is 5.36. The van der Waals surface area contributed by atoms with Crippen molar-refractivity contribution < 1.29 is 4.39 Å². The first-order valence-corrected chi connectivity index (χ1v) is 3.15. The van der Waals surface area contributed by atoms with E-state index in [0.717, 1.165) is 12.8 Å². The van der Waals surface area contributed by atoms with Gasteiger partial charge < -0.3 is 5.73 Å². The first-order chi connectivity index (χ1) is 3.81. The van der Waals surface area contributed by atoms with E-state index in [0.29, 0.717) is 6.42 Å². The van der Waals surface area contributed by atoms with Crippen LogP contribution in [0.2, 0.25) is 0 Å². The van der Waals surface area contributed by atoms with Crippen LogP contribution in [0.5, 0.6) is 0 Å². The number of nitrogens with two attached hydrogens (primary N) is 1. The van der Waals surface area contributed by atoms with Crippen molar-refractivity contribution >= 4 is 0 Å². The van der Waals surface area contributed by atoms with Gasteiger partial charge in [0, 0.05) is 6.54 Å². The van der Waals surface area contributed by atoms with Crippen LogP contribution in [0.25, 0.3) is 0 Å². The highest BCUT2D eigenvalue weighted by Gasteiger charge is 1.99. The van der Waals surface area contributed by atoms with Gasteiger partial charge in [0.1, 0.15) is 6.17 Å². The van der Waals surface area contributed by atoms with E-state index in [1.165, 1.54) is 0 Å². The van der Waals surface area contributed by atoms with E-state index in [9.17, 15) is 4.39 Å². The minimum absolute atomic E-state index is 0.181. The Morgan fingerprint density at radius 3 is 2.62 bits per heavy atom.